The van der Waals surface area contributed by atoms with Crippen LogP contribution in [0.5, 0.6) is 5.75 Å². The van der Waals surface area contributed by atoms with Gasteiger partial charge in [-0.2, -0.15) is 0 Å². The van der Waals surface area contributed by atoms with Crippen LogP contribution in [-0.4, -0.2) is 7.11 Å². The zero-order valence-corrected chi connectivity index (χ0v) is 8.95. The van der Waals surface area contributed by atoms with Gasteiger partial charge in [0.2, 0.25) is 0 Å². The van der Waals surface area contributed by atoms with Crippen molar-refractivity contribution in [3.8, 4) is 5.75 Å². The van der Waals surface area contributed by atoms with Gasteiger partial charge >= 0.3 is 0 Å². The lowest BCUT2D eigenvalue weighted by molar-refractivity contribution is 0.416. The summed E-state index contributed by atoms with van der Waals surface area (Å²) in [7, 11) is 1.59. The third kappa shape index (κ3) is 3.72. The molecular weight excluding hydrogens is 211 g/mol. The normalized spacial score (nSPS) is 8.15. The fraction of sp³-hybridized carbons (Fsp3) is 0.250. The molecule has 0 radical (unpaired) electrons. The number of hydrogen-bond donors (Lipinski definition) is 2. The van der Waals surface area contributed by atoms with E-state index in [2.05, 4.69) is 0 Å². The predicted octanol–water partition coefficient (Wildman–Crippen LogP) is 1.58. The molecule has 0 aliphatic rings. The first kappa shape index (κ1) is 14.9. The first-order valence-electron chi connectivity index (χ1n) is 3.40. The molecule has 5 heteroatoms. The molecule has 0 spiro atoms. The number of methoxy groups -OCH3 is 1. The third-order valence-electron chi connectivity index (χ3n) is 1.53. The van der Waals surface area contributed by atoms with Crippen LogP contribution in [0.2, 0.25) is 0 Å². The van der Waals surface area contributed by atoms with E-state index in [1.165, 1.54) is 0 Å². The maximum atomic E-state index is 5.59. The number of hydrogen-bond acceptors (Lipinski definition) is 3. The van der Waals surface area contributed by atoms with Crippen LogP contribution in [0.25, 0.3) is 0 Å². The van der Waals surface area contributed by atoms with Crippen LogP contribution in [-0.2, 0) is 6.54 Å². The second-order valence-corrected chi connectivity index (χ2v) is 2.28. The Kier molecular flexibility index (Phi) is 7.81. The Morgan fingerprint density at radius 2 is 1.92 bits per heavy atom. The Morgan fingerprint density at radius 3 is 2.38 bits per heavy atom. The fourth-order valence-corrected chi connectivity index (χ4v) is 0.883. The lowest BCUT2D eigenvalue weighted by Crippen LogP contribution is -1.98. The van der Waals surface area contributed by atoms with Crippen LogP contribution in [0, 0.1) is 0 Å². The quantitative estimate of drug-likeness (QED) is 0.751. The smallest absolute Gasteiger partial charge is 0.142 e. The number of rotatable bonds is 2. The van der Waals surface area contributed by atoms with Crippen LogP contribution in [0.15, 0.2) is 18.2 Å². The minimum Gasteiger partial charge on any atom is -0.495 e. The first-order chi connectivity index (χ1) is 5.27. The van der Waals surface area contributed by atoms with Gasteiger partial charge in [0.1, 0.15) is 5.75 Å². The summed E-state index contributed by atoms with van der Waals surface area (Å²) in [5.74, 6) is 0.688. The van der Waals surface area contributed by atoms with Gasteiger partial charge in [0.25, 0.3) is 0 Å². The van der Waals surface area contributed by atoms with E-state index in [9.17, 15) is 0 Å². The van der Waals surface area contributed by atoms with E-state index in [1.807, 2.05) is 12.1 Å². The van der Waals surface area contributed by atoms with Gasteiger partial charge in [-0.1, -0.05) is 6.07 Å². The van der Waals surface area contributed by atoms with Crippen molar-refractivity contribution in [2.24, 2.45) is 5.73 Å². The highest BCUT2D eigenvalue weighted by molar-refractivity contribution is 5.85. The van der Waals surface area contributed by atoms with E-state index in [0.29, 0.717) is 18.0 Å². The highest BCUT2D eigenvalue weighted by atomic mass is 35.5. The van der Waals surface area contributed by atoms with Crippen molar-refractivity contribution in [1.82, 2.24) is 0 Å². The Labute approximate surface area is 90.3 Å². The topological polar surface area (TPSA) is 61.3 Å². The summed E-state index contributed by atoms with van der Waals surface area (Å²) in [6.45, 7) is 0.511. The van der Waals surface area contributed by atoms with Gasteiger partial charge in [0, 0.05) is 6.54 Å². The molecule has 1 aromatic rings. The number of nitrogens with two attached hydrogens (primary N) is 2. The monoisotopic (exact) mass is 224 g/mol. The number of ether oxygens (including phenoxy) is 1. The zero-order valence-electron chi connectivity index (χ0n) is 7.32. The summed E-state index contributed by atoms with van der Waals surface area (Å²) in [4.78, 5) is 0. The average molecular weight is 225 g/mol. The molecule has 0 saturated heterocycles. The minimum atomic E-state index is 0. The van der Waals surface area contributed by atoms with E-state index in [1.54, 1.807) is 13.2 Å². The van der Waals surface area contributed by atoms with E-state index in [0.717, 1.165) is 5.56 Å². The Hall–Kier alpha value is -0.640. The molecule has 0 fully saturated rings. The van der Waals surface area contributed by atoms with Crippen molar-refractivity contribution in [2.75, 3.05) is 12.8 Å². The largest absolute Gasteiger partial charge is 0.495 e. The first-order valence-corrected chi connectivity index (χ1v) is 3.40. The number of anilines is 1. The molecule has 0 heterocycles. The molecule has 0 aliphatic carbocycles. The zero-order chi connectivity index (χ0) is 8.27. The molecule has 0 amide bonds. The molecule has 0 aliphatic heterocycles. The summed E-state index contributed by atoms with van der Waals surface area (Å²) in [5.41, 5.74) is 12.7. The lowest BCUT2D eigenvalue weighted by atomic mass is 10.2. The highest BCUT2D eigenvalue weighted by Gasteiger charge is 1.98. The molecule has 4 N–H and O–H groups in total. The molecule has 0 saturated carbocycles. The van der Waals surface area contributed by atoms with Crippen LogP contribution < -0.4 is 16.2 Å². The summed E-state index contributed by atoms with van der Waals surface area (Å²) in [6.07, 6.45) is 0. The number of nitrogen functional groups attached to an aromatic ring is 1. The SMILES string of the molecule is COc1cc(CN)ccc1N.Cl.Cl. The van der Waals surface area contributed by atoms with Crippen molar-refractivity contribution in [3.05, 3.63) is 23.8 Å². The molecular formula is C8H14Cl2N2O. The van der Waals surface area contributed by atoms with Crippen molar-refractivity contribution >= 4 is 30.5 Å². The molecule has 0 unspecified atom stereocenters. The van der Waals surface area contributed by atoms with Gasteiger partial charge in [-0.3, -0.25) is 0 Å². The summed E-state index contributed by atoms with van der Waals surface area (Å²) in [5, 5.41) is 0. The summed E-state index contributed by atoms with van der Waals surface area (Å²) in [6, 6.07) is 5.52. The van der Waals surface area contributed by atoms with Gasteiger partial charge in [-0.25, -0.2) is 0 Å². The molecule has 1 rings (SSSR count). The summed E-state index contributed by atoms with van der Waals surface area (Å²) >= 11 is 0. The van der Waals surface area contributed by atoms with Crippen molar-refractivity contribution in [3.63, 3.8) is 0 Å². The number of benzene rings is 1. The van der Waals surface area contributed by atoms with Gasteiger partial charge in [-0.05, 0) is 17.7 Å². The Morgan fingerprint density at radius 1 is 1.31 bits per heavy atom. The van der Waals surface area contributed by atoms with Gasteiger partial charge < -0.3 is 16.2 Å². The standard InChI is InChI=1S/C8H12N2O.2ClH/c1-11-8-4-6(5-9)2-3-7(8)10;;/h2-4H,5,9-10H2,1H3;2*1H. The van der Waals surface area contributed by atoms with Crippen molar-refractivity contribution in [1.29, 1.82) is 0 Å². The summed E-state index contributed by atoms with van der Waals surface area (Å²) < 4.78 is 5.01. The second-order valence-electron chi connectivity index (χ2n) is 2.28. The molecule has 76 valence electrons. The molecule has 0 bridgehead atoms. The van der Waals surface area contributed by atoms with Crippen LogP contribution in [0.4, 0.5) is 5.69 Å². The molecule has 13 heavy (non-hydrogen) atoms. The van der Waals surface area contributed by atoms with Crippen molar-refractivity contribution < 1.29 is 4.74 Å². The predicted molar refractivity (Wildman–Crippen MR) is 59.8 cm³/mol. The van der Waals surface area contributed by atoms with Crippen molar-refractivity contribution in [2.45, 2.75) is 6.54 Å². The second kappa shape index (κ2) is 6.83. The lowest BCUT2D eigenvalue weighted by Gasteiger charge is -2.05. The Bertz CT molecular complexity index is 256. The highest BCUT2D eigenvalue weighted by Crippen LogP contribution is 2.21. The molecule has 3 nitrogen and oxygen atoms in total. The number of halogens is 2. The average Bonchev–Trinajstić information content (AvgIpc) is 2.05. The minimum absolute atomic E-state index is 0. The Balaban J connectivity index is 0. The molecule has 0 atom stereocenters. The maximum absolute atomic E-state index is 5.59. The third-order valence-corrected chi connectivity index (χ3v) is 1.53. The van der Waals surface area contributed by atoms with Crippen LogP contribution in [0.1, 0.15) is 5.56 Å². The van der Waals surface area contributed by atoms with E-state index in [4.69, 9.17) is 16.2 Å². The fourth-order valence-electron chi connectivity index (χ4n) is 0.883. The van der Waals surface area contributed by atoms with E-state index in [-0.39, 0.29) is 24.8 Å². The van der Waals surface area contributed by atoms with Gasteiger partial charge in [0.15, 0.2) is 0 Å². The van der Waals surface area contributed by atoms with Crippen LogP contribution >= 0.6 is 24.8 Å². The van der Waals surface area contributed by atoms with E-state index < -0.39 is 0 Å². The molecule has 0 aromatic heterocycles. The van der Waals surface area contributed by atoms with Gasteiger partial charge in [-0.15, -0.1) is 24.8 Å². The van der Waals surface area contributed by atoms with Crippen LogP contribution in [0.3, 0.4) is 0 Å². The van der Waals surface area contributed by atoms with E-state index >= 15 is 0 Å². The maximum Gasteiger partial charge on any atom is 0.142 e. The van der Waals surface area contributed by atoms with Gasteiger partial charge in [0.05, 0.1) is 12.8 Å². The molecule has 1 aromatic carbocycles.